The number of fused-ring (bicyclic) bond motifs is 2. The molecule has 0 bridgehead atoms. The molecule has 4 aromatic heterocycles. The van der Waals surface area contributed by atoms with Crippen LogP contribution < -0.4 is 27.9 Å². The Bertz CT molecular complexity index is 5620. The second-order valence-electron chi connectivity index (χ2n) is 38.5. The van der Waals surface area contributed by atoms with Gasteiger partial charge in [-0.05, 0) is 150 Å². The maximum absolute atomic E-state index is 15.5. The number of esters is 6. The van der Waals surface area contributed by atoms with Crippen LogP contribution in [0.4, 0.5) is 27.2 Å². The van der Waals surface area contributed by atoms with Crippen molar-refractivity contribution in [1.29, 1.82) is 0 Å². The number of imidazole rings is 2. The molecule has 17 atom stereocenters. The van der Waals surface area contributed by atoms with Gasteiger partial charge in [-0.1, -0.05) is 33.9 Å². The fourth-order valence-electron chi connectivity index (χ4n) is 13.2. The molecule has 0 radical (unpaired) electrons. The molecule has 149 heavy (non-hydrogen) atoms. The van der Waals surface area contributed by atoms with Gasteiger partial charge in [0.2, 0.25) is 40.8 Å². The van der Waals surface area contributed by atoms with Gasteiger partial charge in [0, 0.05) is 25.2 Å². The molecule has 4 fully saturated rings. The summed E-state index contributed by atoms with van der Waals surface area (Å²) in [5.41, 5.74) is -0.523. The number of aliphatic imine (C=N–C) groups is 1. The first-order valence-corrected chi connectivity index (χ1v) is 51.3. The van der Waals surface area contributed by atoms with E-state index in [1.807, 2.05) is 0 Å². The van der Waals surface area contributed by atoms with Crippen LogP contribution in [-0.4, -0.2) is 299 Å². The van der Waals surface area contributed by atoms with Gasteiger partial charge in [0.05, 0.1) is 84.3 Å². The molecule has 0 aromatic carbocycles. The number of carbonyl (C=O) groups is 8. The Hall–Kier alpha value is -9.80. The van der Waals surface area contributed by atoms with E-state index in [0.717, 1.165) is 17.2 Å². The molecule has 10 heterocycles. The summed E-state index contributed by atoms with van der Waals surface area (Å²) in [6.07, 6.45) is -16.1. The Kier molecular flexibility index (Phi) is 44.6. The highest BCUT2D eigenvalue weighted by Crippen LogP contribution is 2.56. The fraction of sp³-hybridized carbons (Fsp3) is 0.690. The largest absolute Gasteiger partial charge is 0.510 e. The van der Waals surface area contributed by atoms with E-state index in [-0.39, 0.29) is 83.2 Å². The number of aromatic amines is 2. The number of nitrogens with one attached hydrogen (secondary N) is 3. The third-order valence-electron chi connectivity index (χ3n) is 21.5. The number of rotatable bonds is 41. The number of phosphoric ester groups is 3. The van der Waals surface area contributed by atoms with E-state index in [9.17, 15) is 77.0 Å². The highest BCUT2D eigenvalue weighted by atomic mass is 35.5. The summed E-state index contributed by atoms with van der Waals surface area (Å²) >= 11 is 12.1. The van der Waals surface area contributed by atoms with Crippen molar-refractivity contribution in [2.45, 2.75) is 286 Å². The SMILES string of the molecule is C=C1N=C(N)C=CN1[C@@H]1O[C@](CCl)(COC(=O)CC)[C@@H](OC(=O)CC)[C@H]1F.C=C1NC(N)C=CN1[C@@H]1O[C@](CCl)(COP(=O)(OCOC(=O)OC(C)C)OCOC(=O)OC(C)C)[C@@H](O)[C@H]1F.CC[C@]1(COP(=O)(OCOC(=O)C(C)(C)C)OCOC(=O)C(C)(C)C)O[C@@H](n2cnc3c(=O)[nH]c(C)nc32)[C@H](F)[C@@H]1O.Cc1nc2c(ncn2[C@@H]2O[C@](C)(COP(=O)(OCOC(=O)C(C)(C)C)OCOC(=O)C(C)(C)C)[C@@H](O)[C@H]2F)c(=O)[nH]1. The third-order valence-corrected chi connectivity index (χ3v) is 26.3. The van der Waals surface area contributed by atoms with Gasteiger partial charge in [-0.15, -0.1) is 23.2 Å². The summed E-state index contributed by atoms with van der Waals surface area (Å²) in [7, 11) is -14.1. The first kappa shape index (κ1) is 126. The first-order chi connectivity index (χ1) is 69.1. The van der Waals surface area contributed by atoms with Crippen molar-refractivity contribution in [1.82, 2.24) is 54.2 Å². The number of halogens is 6. The highest BCUT2D eigenvalue weighted by Gasteiger charge is 2.63. The number of phosphoric acid groups is 3. The van der Waals surface area contributed by atoms with Crippen LogP contribution >= 0.6 is 46.7 Å². The van der Waals surface area contributed by atoms with E-state index in [4.69, 9.17) is 132 Å². The van der Waals surface area contributed by atoms with Crippen molar-refractivity contribution in [2.75, 3.05) is 78.9 Å². The lowest BCUT2D eigenvalue weighted by Gasteiger charge is -2.36. The van der Waals surface area contributed by atoms with E-state index < -0.39 is 286 Å². The van der Waals surface area contributed by atoms with Crippen molar-refractivity contribution in [3.8, 4) is 0 Å². The van der Waals surface area contributed by atoms with Crippen LogP contribution in [-0.2, 0) is 149 Å². The molecule has 1 unspecified atom stereocenters. The average Bonchev–Trinajstić information content (AvgIpc) is 1.60. The van der Waals surface area contributed by atoms with Gasteiger partial charge in [0.1, 0.15) is 70.8 Å². The van der Waals surface area contributed by atoms with E-state index in [0.29, 0.717) is 0 Å². The van der Waals surface area contributed by atoms with Gasteiger partial charge < -0.3 is 118 Å². The maximum Gasteiger partial charge on any atom is 0.510 e. The molecule has 4 saturated heterocycles. The molecule has 0 aliphatic carbocycles. The number of ether oxygens (including phenoxy) is 14. The molecule has 0 amide bonds. The number of H-pyrrole nitrogens is 2. The topological polar surface area (TPSA) is 671 Å². The van der Waals surface area contributed by atoms with Gasteiger partial charge in [-0.25, -0.2) is 92.9 Å². The third kappa shape index (κ3) is 33.6. The molecule has 6 aliphatic heterocycles. The quantitative estimate of drug-likeness (QED) is 0.00511. The van der Waals surface area contributed by atoms with Gasteiger partial charge in [0.25, 0.3) is 11.1 Å². The number of aromatic nitrogens is 8. The Labute approximate surface area is 863 Å². The smallest absolute Gasteiger partial charge is 0.462 e. The lowest BCUT2D eigenvalue weighted by Crippen LogP contribution is -2.50. The number of aryl methyl sites for hydroxylation is 2. The number of nitrogens with two attached hydrogens (primary N) is 2. The summed E-state index contributed by atoms with van der Waals surface area (Å²) in [5, 5.41) is 35.1. The van der Waals surface area contributed by atoms with Crippen molar-refractivity contribution in [3.63, 3.8) is 0 Å². The number of nitrogens with zero attached hydrogens (tertiary/aromatic N) is 9. The zero-order chi connectivity index (χ0) is 112. The molecule has 6 aliphatic rings. The molecule has 4 aromatic rings. The summed E-state index contributed by atoms with van der Waals surface area (Å²) < 4.78 is 223. The zero-order valence-electron chi connectivity index (χ0n) is 86.0. The van der Waals surface area contributed by atoms with E-state index in [2.05, 4.69) is 62.8 Å². The molecule has 10 N–H and O–H groups in total. The monoisotopic (exact) mass is 2230 g/mol. The van der Waals surface area contributed by atoms with Crippen LogP contribution in [0.1, 0.15) is 182 Å². The lowest BCUT2D eigenvalue weighted by atomic mass is 9.94. The number of aliphatic hydroxyl groups excluding tert-OH is 3. The van der Waals surface area contributed by atoms with E-state index >= 15 is 17.6 Å². The maximum atomic E-state index is 15.5. The fourth-order valence-corrected chi connectivity index (χ4v) is 16.7. The van der Waals surface area contributed by atoms with Crippen molar-refractivity contribution >= 4 is 123 Å². The molecule has 0 spiro atoms. The normalized spacial score (nSPS) is 25.6. The summed E-state index contributed by atoms with van der Waals surface area (Å²) in [4.78, 5) is 147. The molecular formula is C87H131Cl2F4N14O39P3. The molecule has 53 nitrogen and oxygen atoms in total. The minimum Gasteiger partial charge on any atom is -0.462 e. The molecule has 10 rings (SSSR count). The van der Waals surface area contributed by atoms with Crippen LogP contribution in [0.15, 0.2) is 76.6 Å². The predicted octanol–water partition coefficient (Wildman–Crippen LogP) is 9.70. The van der Waals surface area contributed by atoms with Crippen LogP contribution in [0.3, 0.4) is 0 Å². The van der Waals surface area contributed by atoms with E-state index in [1.165, 1.54) is 59.7 Å². The van der Waals surface area contributed by atoms with Crippen LogP contribution in [0.5, 0.6) is 0 Å². The number of alkyl halides is 6. The van der Waals surface area contributed by atoms with Gasteiger partial charge in [-0.3, -0.25) is 61.1 Å². The number of carbonyl (C=O) groups excluding carboxylic acids is 8. The number of amidine groups is 1. The average molecular weight is 2240 g/mol. The van der Waals surface area contributed by atoms with Crippen LogP contribution in [0.25, 0.3) is 22.3 Å². The van der Waals surface area contributed by atoms with Gasteiger partial charge in [-0.2, -0.15) is 0 Å². The molecule has 0 saturated carbocycles. The minimum absolute atomic E-state index is 0.0231. The Balaban J connectivity index is 0.000000272. The number of hydrogen-bond acceptors (Lipinski definition) is 49. The summed E-state index contributed by atoms with van der Waals surface area (Å²) in [5.74, 6) is -3.59. The van der Waals surface area contributed by atoms with Crippen molar-refractivity contribution in [2.24, 2.45) is 38.1 Å². The molecule has 62 heteroatoms. The van der Waals surface area contributed by atoms with Crippen molar-refractivity contribution < 1.29 is 192 Å². The highest BCUT2D eigenvalue weighted by molar-refractivity contribution is 7.49. The zero-order valence-corrected chi connectivity index (χ0v) is 90.2. The Morgan fingerprint density at radius 2 is 0.879 bits per heavy atom. The van der Waals surface area contributed by atoms with Crippen LogP contribution in [0.2, 0.25) is 0 Å². The molecule has 840 valence electrons. The van der Waals surface area contributed by atoms with Crippen LogP contribution in [0, 0.1) is 35.5 Å². The molecular weight excluding hydrogens is 2100 g/mol. The standard InChI is InChI=1S/C25H38FN4O11P.C24H36FN4O11P.C21H34ClFN3O12P.C17H23ClFN3O5/c1-9-25(17(31)15(26)20(41-25)30-11-27-16-18(30)28-14(2)29-19(16)32)10-38-42(35,39-12-36-21(33)23(3,4)5)40-13-37-22(34)24(6,7)8;1-13-27-17-15(18(31)28-13)26-10-29(17)19-14(25)16(30)24(8,40-19)9-37-41(34,38-11-35-20(32)22(2,3)4)39-12-36-21(33)23(5,6)7;1-12(2)36-19(28)31-10-34-39(30,35-11-32-20(29)37-13(3)4)33-9-21(8-22)17(27)16(23)18(38-21)26-7-6-15(24)25-14(26)5;1-4-12(23)25-9-17(8-18)15(26-13(24)5-2)14(19)16(27-17)22-7-6-11(20)21-10(22)3/h11,15,17,20,31H,9-10,12-13H2,1-8H3,(H,28,29,32);10,14,16,19,30H,9,11-12H2,1-8H3,(H,27,28,31);6-7,12-13,15-18,25,27H,5,8-11,24H2,1-4H3;6-7,14-16H,3-5,8-9H2,1-2H3,(H2,20,21)/t15-,17+,20-,25-;14-,16+,19-,24-;15?,16-,17+,18-,21-;14-,15+,16-,17-/m1111/s1. The predicted molar refractivity (Wildman–Crippen MR) is 510 cm³/mol. The van der Waals surface area contributed by atoms with Gasteiger partial charge >= 0.3 is 71.6 Å². The van der Waals surface area contributed by atoms with Gasteiger partial charge in [0.15, 0.2) is 83.6 Å². The Morgan fingerprint density at radius 3 is 1.27 bits per heavy atom. The van der Waals surface area contributed by atoms with Crippen molar-refractivity contribution in [3.05, 3.63) is 94.4 Å². The second-order valence-corrected chi connectivity index (χ2v) is 44.1. The second kappa shape index (κ2) is 52.7. The minimum atomic E-state index is -4.74. The summed E-state index contributed by atoms with van der Waals surface area (Å²) in [6.45, 7) is 33.9. The van der Waals surface area contributed by atoms with E-state index in [1.54, 1.807) is 132 Å². The number of hydrogen-bond donors (Lipinski definition) is 8. The summed E-state index contributed by atoms with van der Waals surface area (Å²) in [6, 6.07) is 0. The lowest BCUT2D eigenvalue weighted by molar-refractivity contribution is -0.174. The first-order valence-electron chi connectivity index (χ1n) is 45.9. The Morgan fingerprint density at radius 1 is 0.510 bits per heavy atom. The number of aliphatic hydroxyl groups is 3.